The van der Waals surface area contributed by atoms with Crippen molar-refractivity contribution in [2.45, 2.75) is 75.4 Å². The van der Waals surface area contributed by atoms with Crippen LogP contribution < -0.4 is 5.32 Å². The van der Waals surface area contributed by atoms with Crippen LogP contribution in [0.15, 0.2) is 34.6 Å². The van der Waals surface area contributed by atoms with Gasteiger partial charge in [-0.2, -0.15) is 0 Å². The molecule has 146 valence electrons. The fourth-order valence-corrected chi connectivity index (χ4v) is 4.31. The molecule has 0 aliphatic heterocycles. The zero-order chi connectivity index (χ0) is 19.2. The van der Waals surface area contributed by atoms with Gasteiger partial charge in [0.05, 0.1) is 17.1 Å². The second kappa shape index (κ2) is 9.26. The smallest absolute Gasteiger partial charge is 0.233 e. The zero-order valence-corrected chi connectivity index (χ0v) is 16.9. The number of allylic oxidation sites excluding steroid dienone is 1. The molecule has 1 aliphatic rings. The van der Waals surface area contributed by atoms with Crippen molar-refractivity contribution >= 4 is 17.7 Å². The molecule has 0 radical (unpaired) electrons. The number of aryl methyl sites for hydroxylation is 1. The maximum atomic E-state index is 12.7. The molecule has 3 rings (SSSR count). The molecule has 0 unspecified atom stereocenters. The Hall–Kier alpha value is -2.02. The lowest BCUT2D eigenvalue weighted by Gasteiger charge is -2.19. The average Bonchev–Trinajstić information content (AvgIpc) is 3.13. The summed E-state index contributed by atoms with van der Waals surface area (Å²) in [5, 5.41) is 12.4. The molecule has 2 aromatic heterocycles. The van der Waals surface area contributed by atoms with Gasteiger partial charge >= 0.3 is 0 Å². The normalized spacial score (nSPS) is 16.7. The second-order valence-electron chi connectivity index (χ2n) is 7.05. The van der Waals surface area contributed by atoms with E-state index in [1.807, 2.05) is 30.6 Å². The van der Waals surface area contributed by atoms with Gasteiger partial charge in [0, 0.05) is 12.6 Å². The van der Waals surface area contributed by atoms with E-state index < -0.39 is 0 Å². The third kappa shape index (κ3) is 4.83. The van der Waals surface area contributed by atoms with Crippen molar-refractivity contribution in [2.24, 2.45) is 0 Å². The topological polar surface area (TPSA) is 73.0 Å². The lowest BCUT2D eigenvalue weighted by Crippen LogP contribution is -2.39. The highest BCUT2D eigenvalue weighted by Gasteiger charge is 2.23. The average molecular weight is 389 g/mol. The van der Waals surface area contributed by atoms with Gasteiger partial charge in [-0.1, -0.05) is 43.5 Å². The highest BCUT2D eigenvalue weighted by molar-refractivity contribution is 8.00. The Kier molecular flexibility index (Phi) is 6.77. The highest BCUT2D eigenvalue weighted by Crippen LogP contribution is 2.29. The molecular formula is C20H28N4O2S. The van der Waals surface area contributed by atoms with Gasteiger partial charge in [0.15, 0.2) is 11.0 Å². The molecule has 0 aromatic carbocycles. The molecule has 27 heavy (non-hydrogen) atoms. The molecule has 0 spiro atoms. The summed E-state index contributed by atoms with van der Waals surface area (Å²) < 4.78 is 7.37. The van der Waals surface area contributed by atoms with Gasteiger partial charge in [0.2, 0.25) is 5.91 Å². The van der Waals surface area contributed by atoms with E-state index in [-0.39, 0.29) is 11.2 Å². The van der Waals surface area contributed by atoms with E-state index in [1.165, 1.54) is 37.4 Å². The van der Waals surface area contributed by atoms with Crippen LogP contribution >= 0.6 is 11.8 Å². The van der Waals surface area contributed by atoms with E-state index in [2.05, 4.69) is 22.1 Å². The minimum absolute atomic E-state index is 0.0705. The van der Waals surface area contributed by atoms with Crippen LogP contribution in [-0.2, 0) is 11.3 Å². The predicted molar refractivity (Wildman–Crippen MR) is 108 cm³/mol. The standard InChI is InChI=1S/C20H28N4O2S/c1-4-12-24-18(17-11-13-26-14(17)2)22-23-20(24)27-15(3)19(25)21-16-9-7-5-6-8-10-16/h4,11,13,15-16H,1,5-10,12H2,2-3H3,(H,21,25)/t15-/m1/s1. The van der Waals surface area contributed by atoms with Crippen LogP contribution in [0.4, 0.5) is 0 Å². The molecule has 2 heterocycles. The number of carbonyl (C=O) groups excluding carboxylic acids is 1. The third-order valence-electron chi connectivity index (χ3n) is 4.98. The van der Waals surface area contributed by atoms with E-state index in [0.29, 0.717) is 17.7 Å². The first kappa shape index (κ1) is 19.7. The minimum atomic E-state index is -0.237. The summed E-state index contributed by atoms with van der Waals surface area (Å²) in [7, 11) is 0. The fraction of sp³-hybridized carbons (Fsp3) is 0.550. The zero-order valence-electron chi connectivity index (χ0n) is 16.1. The van der Waals surface area contributed by atoms with Crippen LogP contribution in [0.3, 0.4) is 0 Å². The van der Waals surface area contributed by atoms with E-state index in [9.17, 15) is 4.79 Å². The van der Waals surface area contributed by atoms with Crippen LogP contribution in [0.25, 0.3) is 11.4 Å². The molecular weight excluding hydrogens is 360 g/mol. The van der Waals surface area contributed by atoms with Crippen LogP contribution in [0, 0.1) is 6.92 Å². The Balaban J connectivity index is 1.70. The number of nitrogens with zero attached hydrogens (tertiary/aromatic N) is 3. The fourth-order valence-electron chi connectivity index (χ4n) is 3.44. The van der Waals surface area contributed by atoms with Crippen molar-refractivity contribution in [2.75, 3.05) is 0 Å². The predicted octanol–water partition coefficient (Wildman–Crippen LogP) is 4.35. The molecule has 1 aliphatic carbocycles. The Bertz CT molecular complexity index is 775. The SMILES string of the molecule is C=CCn1c(S[C@H](C)C(=O)NC2CCCCCC2)nnc1-c1ccoc1C. The lowest BCUT2D eigenvalue weighted by molar-refractivity contribution is -0.121. The summed E-state index contributed by atoms with van der Waals surface area (Å²) in [5.41, 5.74) is 0.909. The van der Waals surface area contributed by atoms with Gasteiger partial charge in [-0.15, -0.1) is 16.8 Å². The molecule has 1 saturated carbocycles. The number of carbonyl (C=O) groups is 1. The van der Waals surface area contributed by atoms with Crippen LogP contribution in [-0.4, -0.2) is 32.0 Å². The summed E-state index contributed by atoms with van der Waals surface area (Å²) in [4.78, 5) is 12.7. The summed E-state index contributed by atoms with van der Waals surface area (Å²) >= 11 is 1.43. The number of hydrogen-bond donors (Lipinski definition) is 1. The number of aromatic nitrogens is 3. The van der Waals surface area contributed by atoms with Gasteiger partial charge in [-0.25, -0.2) is 0 Å². The third-order valence-corrected chi connectivity index (χ3v) is 6.06. The van der Waals surface area contributed by atoms with Crippen molar-refractivity contribution in [3.05, 3.63) is 30.7 Å². The molecule has 7 heteroatoms. The molecule has 0 saturated heterocycles. The summed E-state index contributed by atoms with van der Waals surface area (Å²) in [6, 6.07) is 2.19. The first-order valence-electron chi connectivity index (χ1n) is 9.65. The largest absolute Gasteiger partial charge is 0.469 e. The molecule has 1 atom stereocenters. The number of nitrogens with one attached hydrogen (secondary N) is 1. The van der Waals surface area contributed by atoms with Crippen molar-refractivity contribution in [1.82, 2.24) is 20.1 Å². The number of furan rings is 1. The van der Waals surface area contributed by atoms with Gasteiger partial charge in [-0.05, 0) is 32.8 Å². The summed E-state index contributed by atoms with van der Waals surface area (Å²) in [6.07, 6.45) is 10.6. The van der Waals surface area contributed by atoms with Crippen molar-refractivity contribution in [1.29, 1.82) is 0 Å². The lowest BCUT2D eigenvalue weighted by atomic mass is 10.1. The molecule has 1 N–H and O–H groups in total. The molecule has 1 fully saturated rings. The maximum Gasteiger partial charge on any atom is 0.233 e. The van der Waals surface area contributed by atoms with E-state index in [4.69, 9.17) is 4.42 Å². The molecule has 2 aromatic rings. The van der Waals surface area contributed by atoms with Crippen LogP contribution in [0.1, 0.15) is 51.2 Å². The van der Waals surface area contributed by atoms with E-state index in [1.54, 1.807) is 6.26 Å². The molecule has 0 bridgehead atoms. The summed E-state index contributed by atoms with van der Waals surface area (Å²) in [5.74, 6) is 1.60. The number of amides is 1. The summed E-state index contributed by atoms with van der Waals surface area (Å²) in [6.45, 7) is 8.23. The van der Waals surface area contributed by atoms with Crippen LogP contribution in [0.2, 0.25) is 0 Å². The maximum absolute atomic E-state index is 12.7. The highest BCUT2D eigenvalue weighted by atomic mass is 32.2. The quantitative estimate of drug-likeness (QED) is 0.434. The number of rotatable bonds is 7. The number of hydrogen-bond acceptors (Lipinski definition) is 5. The first-order chi connectivity index (χ1) is 13.1. The Labute approximate surface area is 164 Å². The van der Waals surface area contributed by atoms with Crippen molar-refractivity contribution in [3.63, 3.8) is 0 Å². The minimum Gasteiger partial charge on any atom is -0.469 e. The Morgan fingerprint density at radius 1 is 1.41 bits per heavy atom. The molecule has 1 amide bonds. The van der Waals surface area contributed by atoms with Crippen molar-refractivity contribution in [3.8, 4) is 11.4 Å². The van der Waals surface area contributed by atoms with E-state index in [0.717, 1.165) is 30.0 Å². The monoisotopic (exact) mass is 388 g/mol. The Morgan fingerprint density at radius 3 is 2.78 bits per heavy atom. The number of thioether (sulfide) groups is 1. The van der Waals surface area contributed by atoms with Gasteiger partial charge in [0.1, 0.15) is 5.76 Å². The molecule has 6 nitrogen and oxygen atoms in total. The van der Waals surface area contributed by atoms with Gasteiger partial charge < -0.3 is 9.73 Å². The van der Waals surface area contributed by atoms with Crippen molar-refractivity contribution < 1.29 is 9.21 Å². The first-order valence-corrected chi connectivity index (χ1v) is 10.5. The van der Waals surface area contributed by atoms with Crippen LogP contribution in [0.5, 0.6) is 0 Å². The second-order valence-corrected chi connectivity index (χ2v) is 8.36. The van der Waals surface area contributed by atoms with Gasteiger partial charge in [-0.3, -0.25) is 9.36 Å². The Morgan fingerprint density at radius 2 is 2.15 bits per heavy atom. The van der Waals surface area contributed by atoms with E-state index >= 15 is 0 Å². The van der Waals surface area contributed by atoms with Gasteiger partial charge in [0.25, 0.3) is 0 Å².